The summed E-state index contributed by atoms with van der Waals surface area (Å²) in [5, 5.41) is 2.94. The topological polar surface area (TPSA) is 75.3 Å². The molecule has 0 aliphatic heterocycles. The Bertz CT molecular complexity index is 632. The number of carbonyl (C=O) groups excluding carboxylic acids is 1. The first kappa shape index (κ1) is 17.7. The number of sulfonamides is 1. The monoisotopic (exact) mass is 336 g/mol. The molecule has 1 amide bonds. The minimum Gasteiger partial charge on any atom is -0.352 e. The van der Waals surface area contributed by atoms with Gasteiger partial charge in [0.25, 0.3) is 5.91 Å². The molecule has 0 saturated heterocycles. The molecule has 1 aromatic carbocycles. The van der Waals surface area contributed by atoms with Crippen LogP contribution in [0.4, 0.5) is 0 Å². The summed E-state index contributed by atoms with van der Waals surface area (Å²) in [4.78, 5) is 12.3. The third-order valence-corrected chi connectivity index (χ3v) is 5.56. The molecule has 5 nitrogen and oxygen atoms in total. The fourth-order valence-corrected chi connectivity index (χ4v) is 3.77. The summed E-state index contributed by atoms with van der Waals surface area (Å²) in [6.07, 6.45) is 7.60. The Morgan fingerprint density at radius 2 is 1.83 bits per heavy atom. The molecule has 0 radical (unpaired) electrons. The zero-order valence-corrected chi connectivity index (χ0v) is 14.1. The summed E-state index contributed by atoms with van der Waals surface area (Å²) in [5.41, 5.74) is 0.475. The molecule has 0 atom stereocenters. The Morgan fingerprint density at radius 1 is 1.17 bits per heavy atom. The summed E-state index contributed by atoms with van der Waals surface area (Å²) in [6, 6.07) is 5.97. The summed E-state index contributed by atoms with van der Waals surface area (Å²) in [5.74, 6) is 0.411. The molecular formula is C17H24N2O3S. The van der Waals surface area contributed by atoms with Crippen LogP contribution in [0.25, 0.3) is 0 Å². The van der Waals surface area contributed by atoms with E-state index < -0.39 is 10.0 Å². The van der Waals surface area contributed by atoms with Crippen LogP contribution in [-0.4, -0.2) is 27.4 Å². The van der Waals surface area contributed by atoms with E-state index in [9.17, 15) is 13.2 Å². The third kappa shape index (κ3) is 5.18. The number of carbonyl (C=O) groups is 1. The average molecular weight is 336 g/mol. The van der Waals surface area contributed by atoms with Gasteiger partial charge in [-0.05, 0) is 43.0 Å². The Hall–Kier alpha value is -1.66. The van der Waals surface area contributed by atoms with Gasteiger partial charge in [-0.3, -0.25) is 4.79 Å². The minimum atomic E-state index is -3.55. The van der Waals surface area contributed by atoms with Crippen LogP contribution in [0, 0.1) is 5.92 Å². The highest BCUT2D eigenvalue weighted by Gasteiger charge is 2.16. The van der Waals surface area contributed by atoms with Crippen molar-refractivity contribution in [2.45, 2.75) is 37.0 Å². The van der Waals surface area contributed by atoms with E-state index in [2.05, 4.69) is 16.6 Å². The van der Waals surface area contributed by atoms with E-state index in [4.69, 9.17) is 0 Å². The maximum absolute atomic E-state index is 12.1. The molecule has 0 unspecified atom stereocenters. The first-order valence-corrected chi connectivity index (χ1v) is 9.50. The van der Waals surface area contributed by atoms with Crippen LogP contribution in [-0.2, 0) is 10.0 Å². The van der Waals surface area contributed by atoms with Gasteiger partial charge in [-0.2, -0.15) is 0 Å². The lowest BCUT2D eigenvalue weighted by molar-refractivity contribution is 0.0943. The van der Waals surface area contributed by atoms with Gasteiger partial charge in [0.2, 0.25) is 10.0 Å². The molecule has 2 rings (SSSR count). The predicted octanol–water partition coefficient (Wildman–Crippen LogP) is 2.46. The van der Waals surface area contributed by atoms with Gasteiger partial charge in [-0.15, -0.1) is 6.58 Å². The van der Waals surface area contributed by atoms with Crippen molar-refractivity contribution in [3.63, 3.8) is 0 Å². The van der Waals surface area contributed by atoms with E-state index in [1.165, 1.54) is 50.3 Å². The number of amides is 1. The van der Waals surface area contributed by atoms with Crippen molar-refractivity contribution in [3.05, 3.63) is 42.5 Å². The number of hydrogen-bond acceptors (Lipinski definition) is 3. The largest absolute Gasteiger partial charge is 0.352 e. The molecular weight excluding hydrogens is 312 g/mol. The summed E-state index contributed by atoms with van der Waals surface area (Å²) >= 11 is 0. The fraction of sp³-hybridized carbons (Fsp3) is 0.471. The quantitative estimate of drug-likeness (QED) is 0.751. The van der Waals surface area contributed by atoms with Gasteiger partial charge in [-0.25, -0.2) is 13.1 Å². The smallest absolute Gasteiger partial charge is 0.251 e. The van der Waals surface area contributed by atoms with Crippen LogP contribution in [0.5, 0.6) is 0 Å². The number of hydrogen-bond donors (Lipinski definition) is 2. The van der Waals surface area contributed by atoms with Gasteiger partial charge in [0, 0.05) is 18.7 Å². The first-order chi connectivity index (χ1) is 11.0. The van der Waals surface area contributed by atoms with Crippen molar-refractivity contribution >= 4 is 15.9 Å². The normalized spacial score (nSPS) is 16.0. The third-order valence-electron chi connectivity index (χ3n) is 4.12. The molecule has 23 heavy (non-hydrogen) atoms. The minimum absolute atomic E-state index is 0.142. The maximum atomic E-state index is 12.1. The first-order valence-electron chi connectivity index (χ1n) is 8.02. The van der Waals surface area contributed by atoms with E-state index in [1.807, 2.05) is 0 Å². The number of benzene rings is 1. The Balaban J connectivity index is 1.93. The lowest BCUT2D eigenvalue weighted by Gasteiger charge is -2.21. The molecule has 126 valence electrons. The molecule has 0 heterocycles. The van der Waals surface area contributed by atoms with Crippen molar-refractivity contribution in [1.29, 1.82) is 0 Å². The van der Waals surface area contributed by atoms with E-state index in [1.54, 1.807) is 12.1 Å². The van der Waals surface area contributed by atoms with Crippen molar-refractivity contribution in [2.75, 3.05) is 13.1 Å². The molecule has 1 aliphatic carbocycles. The molecule has 0 aromatic heterocycles. The van der Waals surface area contributed by atoms with Crippen LogP contribution in [0.2, 0.25) is 0 Å². The van der Waals surface area contributed by atoms with E-state index >= 15 is 0 Å². The van der Waals surface area contributed by atoms with Gasteiger partial charge in [-0.1, -0.05) is 25.3 Å². The molecule has 0 bridgehead atoms. The second kappa shape index (κ2) is 8.26. The average Bonchev–Trinajstić information content (AvgIpc) is 2.59. The van der Waals surface area contributed by atoms with Gasteiger partial charge in [0.15, 0.2) is 0 Å². The van der Waals surface area contributed by atoms with E-state index in [0.29, 0.717) is 18.0 Å². The predicted molar refractivity (Wildman–Crippen MR) is 90.7 cm³/mol. The molecule has 1 fully saturated rings. The number of nitrogens with one attached hydrogen (secondary N) is 2. The molecule has 6 heteroatoms. The Kier molecular flexibility index (Phi) is 6.36. The highest BCUT2D eigenvalue weighted by Crippen LogP contribution is 2.22. The Labute approximate surface area is 138 Å². The van der Waals surface area contributed by atoms with Crippen LogP contribution in [0.15, 0.2) is 41.8 Å². The molecule has 1 aromatic rings. The highest BCUT2D eigenvalue weighted by atomic mass is 32.2. The SMILES string of the molecule is C=CCNS(=O)(=O)c1ccc(C(=O)NCC2CCCCC2)cc1. The molecule has 1 saturated carbocycles. The summed E-state index contributed by atoms with van der Waals surface area (Å²) in [6.45, 7) is 4.34. The lowest BCUT2D eigenvalue weighted by atomic mass is 9.89. The van der Waals surface area contributed by atoms with Crippen LogP contribution < -0.4 is 10.0 Å². The van der Waals surface area contributed by atoms with Crippen LogP contribution in [0.1, 0.15) is 42.5 Å². The summed E-state index contributed by atoms with van der Waals surface area (Å²) in [7, 11) is -3.55. The number of rotatable bonds is 7. The second-order valence-corrected chi connectivity index (χ2v) is 7.65. The van der Waals surface area contributed by atoms with Gasteiger partial charge < -0.3 is 5.32 Å². The van der Waals surface area contributed by atoms with Crippen molar-refractivity contribution in [3.8, 4) is 0 Å². The zero-order valence-electron chi connectivity index (χ0n) is 13.3. The molecule has 0 spiro atoms. The van der Waals surface area contributed by atoms with Gasteiger partial charge in [0.05, 0.1) is 4.90 Å². The van der Waals surface area contributed by atoms with E-state index in [-0.39, 0.29) is 17.3 Å². The van der Waals surface area contributed by atoms with E-state index in [0.717, 1.165) is 0 Å². The van der Waals surface area contributed by atoms with Crippen molar-refractivity contribution in [1.82, 2.24) is 10.0 Å². The lowest BCUT2D eigenvalue weighted by Crippen LogP contribution is -2.30. The standard InChI is InChI=1S/C17H24N2O3S/c1-2-12-19-23(21,22)16-10-8-15(9-11-16)17(20)18-13-14-6-4-3-5-7-14/h2,8-11,14,19H,1,3-7,12-13H2,(H,18,20). The molecule has 2 N–H and O–H groups in total. The van der Waals surface area contributed by atoms with Crippen LogP contribution >= 0.6 is 0 Å². The fourth-order valence-electron chi connectivity index (χ4n) is 2.77. The van der Waals surface area contributed by atoms with Gasteiger partial charge in [0.1, 0.15) is 0 Å². The van der Waals surface area contributed by atoms with Crippen molar-refractivity contribution in [2.24, 2.45) is 5.92 Å². The molecule has 1 aliphatic rings. The second-order valence-electron chi connectivity index (χ2n) is 5.88. The van der Waals surface area contributed by atoms with Gasteiger partial charge >= 0.3 is 0 Å². The van der Waals surface area contributed by atoms with Crippen LogP contribution in [0.3, 0.4) is 0 Å². The maximum Gasteiger partial charge on any atom is 0.251 e. The Morgan fingerprint density at radius 3 is 2.43 bits per heavy atom. The van der Waals surface area contributed by atoms with Crippen molar-refractivity contribution < 1.29 is 13.2 Å². The highest BCUT2D eigenvalue weighted by molar-refractivity contribution is 7.89. The summed E-state index contributed by atoms with van der Waals surface area (Å²) < 4.78 is 26.3. The zero-order chi connectivity index (χ0) is 16.7.